The number of hydrogen-bond donors (Lipinski definition) is 0. The van der Waals surface area contributed by atoms with E-state index >= 15 is 0 Å². The van der Waals surface area contributed by atoms with Crippen LogP contribution < -0.4 is 0 Å². The predicted molar refractivity (Wildman–Crippen MR) is 199 cm³/mol. The Balaban J connectivity index is 1.16. The third-order valence-electron chi connectivity index (χ3n) is 9.25. The Morgan fingerprint density at radius 1 is 0.408 bits per heavy atom. The number of hydrogen-bond acceptors (Lipinski definition) is 5. The van der Waals surface area contributed by atoms with Crippen LogP contribution in [0.4, 0.5) is 0 Å². The van der Waals surface area contributed by atoms with Crippen molar-refractivity contribution in [2.45, 2.75) is 13.8 Å². The summed E-state index contributed by atoms with van der Waals surface area (Å²) in [5, 5.41) is 3.16. The van der Waals surface area contributed by atoms with Crippen LogP contribution in [0, 0.1) is 13.8 Å². The van der Waals surface area contributed by atoms with Gasteiger partial charge >= 0.3 is 0 Å². The minimum atomic E-state index is 0.660. The van der Waals surface area contributed by atoms with Crippen molar-refractivity contribution in [1.82, 2.24) is 19.9 Å². The number of furan rings is 1. The van der Waals surface area contributed by atoms with Crippen LogP contribution in [0.5, 0.6) is 0 Å². The molecule has 0 aliphatic rings. The van der Waals surface area contributed by atoms with Crippen LogP contribution in [0.1, 0.15) is 11.1 Å². The molecule has 6 aromatic carbocycles. The van der Waals surface area contributed by atoms with Crippen LogP contribution >= 0.6 is 0 Å². The lowest BCUT2D eigenvalue weighted by molar-refractivity contribution is 0.669. The summed E-state index contributed by atoms with van der Waals surface area (Å²) in [6.07, 6.45) is 0. The zero-order valence-corrected chi connectivity index (χ0v) is 27.1. The van der Waals surface area contributed by atoms with E-state index in [0.29, 0.717) is 11.6 Å². The minimum absolute atomic E-state index is 0.660. The maximum atomic E-state index is 6.11. The fraction of sp³-hybridized carbons (Fsp3) is 0.0455. The van der Waals surface area contributed by atoms with Crippen molar-refractivity contribution in [3.63, 3.8) is 0 Å². The molecule has 0 saturated carbocycles. The van der Waals surface area contributed by atoms with Crippen molar-refractivity contribution < 1.29 is 4.42 Å². The standard InChI is InChI=1S/C44H30N4O/c1-27-12-6-7-15-33(27)41-28(2)40(29-13-4-3-5-14-29)46-44(47-41)31-22-20-30(21-23-31)43-45-37-18-10-8-17-35(37)42(48-43)32-24-25-39-36(26-32)34-16-9-11-19-38(34)49-39/h3-26H,1-2H3. The highest BCUT2D eigenvalue weighted by atomic mass is 16.3. The minimum Gasteiger partial charge on any atom is -0.456 e. The second-order valence-corrected chi connectivity index (χ2v) is 12.3. The fourth-order valence-electron chi connectivity index (χ4n) is 6.69. The molecule has 9 aromatic rings. The Bertz CT molecular complexity index is 2680. The zero-order chi connectivity index (χ0) is 32.9. The highest BCUT2D eigenvalue weighted by Crippen LogP contribution is 2.36. The quantitative estimate of drug-likeness (QED) is 0.189. The lowest BCUT2D eigenvalue weighted by atomic mass is 9.98. The highest BCUT2D eigenvalue weighted by Gasteiger charge is 2.18. The van der Waals surface area contributed by atoms with Gasteiger partial charge in [-0.15, -0.1) is 0 Å². The van der Waals surface area contributed by atoms with Crippen LogP contribution in [0.15, 0.2) is 150 Å². The number of benzene rings is 6. The maximum Gasteiger partial charge on any atom is 0.160 e. The first-order chi connectivity index (χ1) is 24.1. The van der Waals surface area contributed by atoms with E-state index in [1.165, 1.54) is 5.56 Å². The first-order valence-electron chi connectivity index (χ1n) is 16.4. The van der Waals surface area contributed by atoms with Crippen LogP contribution in [0.2, 0.25) is 0 Å². The molecular formula is C44H30N4O. The molecule has 9 rings (SSSR count). The first kappa shape index (κ1) is 28.7. The molecule has 5 nitrogen and oxygen atoms in total. The number of fused-ring (bicyclic) bond motifs is 4. The lowest BCUT2D eigenvalue weighted by Crippen LogP contribution is -2.01. The topological polar surface area (TPSA) is 64.7 Å². The summed E-state index contributed by atoms with van der Waals surface area (Å²) in [4.78, 5) is 20.4. The van der Waals surface area contributed by atoms with Gasteiger partial charge in [-0.3, -0.25) is 0 Å². The largest absolute Gasteiger partial charge is 0.456 e. The van der Waals surface area contributed by atoms with E-state index in [4.69, 9.17) is 24.4 Å². The zero-order valence-electron chi connectivity index (χ0n) is 27.1. The third-order valence-corrected chi connectivity index (χ3v) is 9.25. The fourth-order valence-corrected chi connectivity index (χ4v) is 6.69. The van der Waals surface area contributed by atoms with Crippen LogP contribution in [-0.4, -0.2) is 19.9 Å². The predicted octanol–water partition coefficient (Wildman–Crippen LogP) is 11.3. The van der Waals surface area contributed by atoms with Gasteiger partial charge in [0.1, 0.15) is 11.2 Å². The number of nitrogens with zero attached hydrogens (tertiary/aromatic N) is 4. The molecule has 0 bridgehead atoms. The molecule has 49 heavy (non-hydrogen) atoms. The van der Waals surface area contributed by atoms with Gasteiger partial charge < -0.3 is 4.42 Å². The van der Waals surface area contributed by atoms with Gasteiger partial charge in [0.15, 0.2) is 11.6 Å². The summed E-state index contributed by atoms with van der Waals surface area (Å²) >= 11 is 0. The van der Waals surface area contributed by atoms with Gasteiger partial charge in [0, 0.05) is 49.5 Å². The summed E-state index contributed by atoms with van der Waals surface area (Å²) in [5.74, 6) is 1.34. The average Bonchev–Trinajstić information content (AvgIpc) is 3.53. The van der Waals surface area contributed by atoms with E-state index < -0.39 is 0 Å². The van der Waals surface area contributed by atoms with Crippen LogP contribution in [0.3, 0.4) is 0 Å². The normalized spacial score (nSPS) is 11.5. The molecule has 0 spiro atoms. The Morgan fingerprint density at radius 3 is 1.80 bits per heavy atom. The number of aromatic nitrogens is 4. The molecule has 0 amide bonds. The highest BCUT2D eigenvalue weighted by molar-refractivity contribution is 6.07. The average molecular weight is 631 g/mol. The molecular weight excluding hydrogens is 601 g/mol. The van der Waals surface area contributed by atoms with E-state index in [-0.39, 0.29) is 0 Å². The van der Waals surface area contributed by atoms with Crippen molar-refractivity contribution in [1.29, 1.82) is 0 Å². The van der Waals surface area contributed by atoms with E-state index in [9.17, 15) is 0 Å². The third kappa shape index (κ3) is 5.04. The van der Waals surface area contributed by atoms with Gasteiger partial charge in [-0.2, -0.15) is 0 Å². The van der Waals surface area contributed by atoms with Crippen molar-refractivity contribution >= 4 is 32.8 Å². The van der Waals surface area contributed by atoms with Gasteiger partial charge in [0.2, 0.25) is 0 Å². The van der Waals surface area contributed by atoms with Gasteiger partial charge in [0.25, 0.3) is 0 Å². The van der Waals surface area contributed by atoms with E-state index in [1.807, 2.05) is 60.7 Å². The second-order valence-electron chi connectivity index (χ2n) is 12.3. The molecule has 0 N–H and O–H groups in total. The molecule has 0 atom stereocenters. The molecule has 5 heteroatoms. The second kappa shape index (κ2) is 11.7. The van der Waals surface area contributed by atoms with E-state index in [0.717, 1.165) is 83.3 Å². The molecule has 0 radical (unpaired) electrons. The van der Waals surface area contributed by atoms with Crippen molar-refractivity contribution in [3.8, 4) is 56.5 Å². The van der Waals surface area contributed by atoms with Gasteiger partial charge in [-0.05, 0) is 49.7 Å². The number of aryl methyl sites for hydroxylation is 1. The first-order valence-corrected chi connectivity index (χ1v) is 16.4. The molecule has 0 saturated heterocycles. The summed E-state index contributed by atoms with van der Waals surface area (Å²) in [6.45, 7) is 4.24. The Kier molecular flexibility index (Phi) is 6.83. The molecule has 232 valence electrons. The van der Waals surface area contributed by atoms with E-state index in [2.05, 4.69) is 98.8 Å². The molecule has 3 aromatic heterocycles. The maximum absolute atomic E-state index is 6.11. The molecule has 0 aliphatic carbocycles. The van der Waals surface area contributed by atoms with Crippen molar-refractivity contribution in [3.05, 3.63) is 157 Å². The van der Waals surface area contributed by atoms with Gasteiger partial charge in [0.05, 0.1) is 22.6 Å². The SMILES string of the molecule is Cc1ccccc1-c1nc(-c2ccc(-c3nc(-c4ccc5oc6ccccc6c5c4)c4ccccc4n3)cc2)nc(-c2ccccc2)c1C. The van der Waals surface area contributed by atoms with Gasteiger partial charge in [-0.1, -0.05) is 115 Å². The van der Waals surface area contributed by atoms with Crippen LogP contribution in [-0.2, 0) is 0 Å². The summed E-state index contributed by atoms with van der Waals surface area (Å²) in [7, 11) is 0. The summed E-state index contributed by atoms with van der Waals surface area (Å²) < 4.78 is 6.11. The lowest BCUT2D eigenvalue weighted by Gasteiger charge is -2.15. The molecule has 0 fully saturated rings. The monoisotopic (exact) mass is 630 g/mol. The molecule has 0 aliphatic heterocycles. The van der Waals surface area contributed by atoms with E-state index in [1.54, 1.807) is 0 Å². The van der Waals surface area contributed by atoms with Gasteiger partial charge in [-0.25, -0.2) is 19.9 Å². The van der Waals surface area contributed by atoms with Crippen molar-refractivity contribution in [2.75, 3.05) is 0 Å². The van der Waals surface area contributed by atoms with Crippen LogP contribution in [0.25, 0.3) is 89.4 Å². The number of rotatable bonds is 5. The molecule has 0 unspecified atom stereocenters. The molecule has 3 heterocycles. The smallest absolute Gasteiger partial charge is 0.160 e. The Labute approximate surface area is 283 Å². The Morgan fingerprint density at radius 2 is 1.00 bits per heavy atom. The Hall–Kier alpha value is -6.46. The summed E-state index contributed by atoms with van der Waals surface area (Å²) in [5.41, 5.74) is 12.6. The van der Waals surface area contributed by atoms with Crippen molar-refractivity contribution in [2.24, 2.45) is 0 Å². The summed E-state index contributed by atoms with van der Waals surface area (Å²) in [6, 6.07) is 49.6. The number of para-hydroxylation sites is 2.